The van der Waals surface area contributed by atoms with Gasteiger partial charge in [-0.2, -0.15) is 0 Å². The summed E-state index contributed by atoms with van der Waals surface area (Å²) in [5.74, 6) is 1.20. The van der Waals surface area contributed by atoms with Crippen molar-refractivity contribution in [2.45, 2.75) is 39.5 Å². The quantitative estimate of drug-likeness (QED) is 0.756. The standard InChI is InChI=1S/C11H18N2O2/c1-4-15-10(14)6-5-9-7-12-11(13-9)8(2)3/h7-8H,4-6H2,1-3H3,(H,12,13). The molecule has 0 spiro atoms. The molecule has 4 heteroatoms. The van der Waals surface area contributed by atoms with Crippen molar-refractivity contribution in [3.63, 3.8) is 0 Å². The number of esters is 1. The topological polar surface area (TPSA) is 55.0 Å². The molecule has 0 saturated heterocycles. The van der Waals surface area contributed by atoms with Gasteiger partial charge in [-0.05, 0) is 13.3 Å². The first-order valence-electron chi connectivity index (χ1n) is 5.32. The minimum atomic E-state index is -0.154. The monoisotopic (exact) mass is 210 g/mol. The highest BCUT2D eigenvalue weighted by Gasteiger charge is 2.07. The van der Waals surface area contributed by atoms with Crippen molar-refractivity contribution >= 4 is 5.97 Å². The van der Waals surface area contributed by atoms with Gasteiger partial charge in [0.1, 0.15) is 5.82 Å². The van der Waals surface area contributed by atoms with Gasteiger partial charge in [0.15, 0.2) is 0 Å². The number of imidazole rings is 1. The van der Waals surface area contributed by atoms with Gasteiger partial charge in [0.05, 0.1) is 13.0 Å². The molecule has 0 aliphatic rings. The Morgan fingerprint density at radius 1 is 1.60 bits per heavy atom. The first-order chi connectivity index (χ1) is 7.13. The largest absolute Gasteiger partial charge is 0.466 e. The fourth-order valence-corrected chi connectivity index (χ4v) is 1.27. The number of hydrogen-bond acceptors (Lipinski definition) is 3. The highest BCUT2D eigenvalue weighted by Crippen LogP contribution is 2.10. The van der Waals surface area contributed by atoms with E-state index in [4.69, 9.17) is 4.74 Å². The van der Waals surface area contributed by atoms with Crippen LogP contribution in [-0.2, 0) is 16.0 Å². The van der Waals surface area contributed by atoms with Crippen LogP contribution in [0.3, 0.4) is 0 Å². The zero-order valence-corrected chi connectivity index (χ0v) is 9.54. The smallest absolute Gasteiger partial charge is 0.306 e. The van der Waals surface area contributed by atoms with Crippen LogP contribution in [0, 0.1) is 0 Å². The van der Waals surface area contributed by atoms with Crippen molar-refractivity contribution in [2.24, 2.45) is 0 Å². The summed E-state index contributed by atoms with van der Waals surface area (Å²) in [5.41, 5.74) is 0.992. The summed E-state index contributed by atoms with van der Waals surface area (Å²) in [6.45, 7) is 6.41. The lowest BCUT2D eigenvalue weighted by Gasteiger charge is -2.00. The zero-order valence-electron chi connectivity index (χ0n) is 9.54. The number of H-pyrrole nitrogens is 1. The molecule has 0 atom stereocenters. The van der Waals surface area contributed by atoms with E-state index in [1.54, 1.807) is 6.20 Å². The summed E-state index contributed by atoms with van der Waals surface area (Å²) in [6, 6.07) is 0. The van der Waals surface area contributed by atoms with Gasteiger partial charge >= 0.3 is 5.97 Å². The number of carbonyl (C=O) groups excluding carboxylic acids is 1. The molecule has 0 radical (unpaired) electrons. The normalized spacial score (nSPS) is 10.7. The molecule has 4 nitrogen and oxygen atoms in total. The minimum absolute atomic E-state index is 0.154. The van der Waals surface area contributed by atoms with Gasteiger partial charge in [-0.25, -0.2) is 4.98 Å². The van der Waals surface area contributed by atoms with Gasteiger partial charge in [0.2, 0.25) is 0 Å². The van der Waals surface area contributed by atoms with Gasteiger partial charge in [0.25, 0.3) is 0 Å². The molecule has 1 N–H and O–H groups in total. The number of nitrogens with zero attached hydrogens (tertiary/aromatic N) is 1. The number of aromatic nitrogens is 2. The molecular weight excluding hydrogens is 192 g/mol. The molecule has 1 rings (SSSR count). The van der Waals surface area contributed by atoms with E-state index in [0.717, 1.165) is 11.5 Å². The predicted molar refractivity (Wildman–Crippen MR) is 57.6 cm³/mol. The Kier molecular flexibility index (Phi) is 4.34. The number of rotatable bonds is 5. The molecule has 1 aromatic heterocycles. The van der Waals surface area contributed by atoms with Gasteiger partial charge in [-0.15, -0.1) is 0 Å². The maximum absolute atomic E-state index is 11.1. The molecule has 0 bridgehead atoms. The highest BCUT2D eigenvalue weighted by molar-refractivity contribution is 5.69. The maximum Gasteiger partial charge on any atom is 0.306 e. The van der Waals surface area contributed by atoms with Crippen molar-refractivity contribution < 1.29 is 9.53 Å². The average molecular weight is 210 g/mol. The number of ether oxygens (including phenoxy) is 1. The van der Waals surface area contributed by atoms with Gasteiger partial charge in [0, 0.05) is 17.8 Å². The average Bonchev–Trinajstić information content (AvgIpc) is 2.63. The second kappa shape index (κ2) is 5.53. The van der Waals surface area contributed by atoms with Crippen LogP contribution >= 0.6 is 0 Å². The van der Waals surface area contributed by atoms with E-state index >= 15 is 0 Å². The molecule has 15 heavy (non-hydrogen) atoms. The maximum atomic E-state index is 11.1. The second-order valence-electron chi connectivity index (χ2n) is 3.75. The number of aromatic amines is 1. The van der Waals surface area contributed by atoms with Crippen molar-refractivity contribution in [1.29, 1.82) is 0 Å². The first-order valence-corrected chi connectivity index (χ1v) is 5.32. The fourth-order valence-electron chi connectivity index (χ4n) is 1.27. The molecule has 0 amide bonds. The third-order valence-corrected chi connectivity index (χ3v) is 2.10. The SMILES string of the molecule is CCOC(=O)CCc1cnc(C(C)C)[nH]1. The summed E-state index contributed by atoms with van der Waals surface area (Å²) in [5, 5.41) is 0. The molecule has 0 aliphatic heterocycles. The number of nitrogens with one attached hydrogen (secondary N) is 1. The van der Waals surface area contributed by atoms with Gasteiger partial charge in [-0.1, -0.05) is 13.8 Å². The Balaban J connectivity index is 2.41. The van der Waals surface area contributed by atoms with Crippen LogP contribution < -0.4 is 0 Å². The summed E-state index contributed by atoms with van der Waals surface area (Å²) in [7, 11) is 0. The molecule has 84 valence electrons. The lowest BCUT2D eigenvalue weighted by Crippen LogP contribution is -2.05. The van der Waals surface area contributed by atoms with Crippen LogP contribution in [0.5, 0.6) is 0 Å². The molecule has 0 aliphatic carbocycles. The third kappa shape index (κ3) is 3.73. The van der Waals surface area contributed by atoms with E-state index in [-0.39, 0.29) is 5.97 Å². The van der Waals surface area contributed by atoms with Crippen LogP contribution in [0.15, 0.2) is 6.20 Å². The molecule has 1 heterocycles. The summed E-state index contributed by atoms with van der Waals surface area (Å²) < 4.78 is 4.84. The van der Waals surface area contributed by atoms with Crippen LogP contribution in [0.2, 0.25) is 0 Å². The Morgan fingerprint density at radius 3 is 2.87 bits per heavy atom. The molecule has 0 fully saturated rings. The first kappa shape index (κ1) is 11.8. The van der Waals surface area contributed by atoms with Crippen LogP contribution in [0.1, 0.15) is 44.6 Å². The van der Waals surface area contributed by atoms with Crippen molar-refractivity contribution in [1.82, 2.24) is 9.97 Å². The Hall–Kier alpha value is -1.32. The van der Waals surface area contributed by atoms with E-state index in [1.165, 1.54) is 0 Å². The number of aryl methyl sites for hydroxylation is 1. The van der Waals surface area contributed by atoms with E-state index in [1.807, 2.05) is 6.92 Å². The Labute approximate surface area is 90.1 Å². The van der Waals surface area contributed by atoms with E-state index in [0.29, 0.717) is 25.4 Å². The number of hydrogen-bond donors (Lipinski definition) is 1. The van der Waals surface area contributed by atoms with Crippen molar-refractivity contribution in [3.05, 3.63) is 17.7 Å². The summed E-state index contributed by atoms with van der Waals surface area (Å²) >= 11 is 0. The van der Waals surface area contributed by atoms with Crippen LogP contribution in [-0.4, -0.2) is 22.5 Å². The van der Waals surface area contributed by atoms with E-state index < -0.39 is 0 Å². The van der Waals surface area contributed by atoms with Gasteiger partial charge in [-0.3, -0.25) is 4.79 Å². The van der Waals surface area contributed by atoms with Crippen molar-refractivity contribution in [2.75, 3.05) is 6.61 Å². The lowest BCUT2D eigenvalue weighted by molar-refractivity contribution is -0.143. The predicted octanol–water partition coefficient (Wildman–Crippen LogP) is 2.03. The summed E-state index contributed by atoms with van der Waals surface area (Å²) in [4.78, 5) is 18.5. The molecular formula is C11H18N2O2. The lowest BCUT2D eigenvalue weighted by atomic mass is 10.2. The summed E-state index contributed by atoms with van der Waals surface area (Å²) in [6.07, 6.45) is 2.86. The Bertz CT molecular complexity index is 318. The van der Waals surface area contributed by atoms with Crippen LogP contribution in [0.25, 0.3) is 0 Å². The van der Waals surface area contributed by atoms with Crippen molar-refractivity contribution in [3.8, 4) is 0 Å². The molecule has 0 aromatic carbocycles. The van der Waals surface area contributed by atoms with E-state index in [2.05, 4.69) is 23.8 Å². The van der Waals surface area contributed by atoms with E-state index in [9.17, 15) is 4.79 Å². The zero-order chi connectivity index (χ0) is 11.3. The second-order valence-corrected chi connectivity index (χ2v) is 3.75. The molecule has 0 saturated carbocycles. The molecule has 0 unspecified atom stereocenters. The fraction of sp³-hybridized carbons (Fsp3) is 0.636. The minimum Gasteiger partial charge on any atom is -0.466 e. The Morgan fingerprint density at radius 2 is 2.33 bits per heavy atom. The van der Waals surface area contributed by atoms with Crippen LogP contribution in [0.4, 0.5) is 0 Å². The van der Waals surface area contributed by atoms with Gasteiger partial charge < -0.3 is 9.72 Å². The number of carbonyl (C=O) groups is 1. The third-order valence-electron chi connectivity index (χ3n) is 2.10. The molecule has 1 aromatic rings. The highest BCUT2D eigenvalue weighted by atomic mass is 16.5.